The lowest BCUT2D eigenvalue weighted by molar-refractivity contribution is 0.538. The Hall–Kier alpha value is -1.13. The third kappa shape index (κ3) is 1.05. The number of aromatic nitrogens is 1. The summed E-state index contributed by atoms with van der Waals surface area (Å²) < 4.78 is 23.1. The molecule has 0 aliphatic carbocycles. The van der Waals surface area contributed by atoms with Gasteiger partial charge in [-0.3, -0.25) is 4.21 Å². The minimum Gasteiger partial charge on any atom is -0.768 e. The summed E-state index contributed by atoms with van der Waals surface area (Å²) in [5, 5.41) is 0. The lowest BCUT2D eigenvalue weighted by Gasteiger charge is -2.02. The second-order valence-electron chi connectivity index (χ2n) is 2.41. The van der Waals surface area contributed by atoms with Gasteiger partial charge in [-0.15, -0.1) is 0 Å². The molecule has 2 heterocycles. The van der Waals surface area contributed by atoms with Gasteiger partial charge in [0.1, 0.15) is 0 Å². The highest BCUT2D eigenvalue weighted by Gasteiger charge is 1.99. The van der Waals surface area contributed by atoms with E-state index in [1.54, 1.807) is 22.7 Å². The van der Waals surface area contributed by atoms with Crippen molar-refractivity contribution in [2.75, 3.05) is 0 Å². The van der Waals surface area contributed by atoms with Crippen LogP contribution in [-0.2, 0) is 11.1 Å². The van der Waals surface area contributed by atoms with E-state index in [9.17, 15) is 8.76 Å². The molecule has 0 aliphatic heterocycles. The smallest absolute Gasteiger partial charge is 0.0600 e. The van der Waals surface area contributed by atoms with E-state index < -0.39 is 11.1 Å². The molecule has 2 rings (SSSR count). The third-order valence-corrected chi connectivity index (χ3v) is 2.41. The highest BCUT2D eigenvalue weighted by atomic mass is 32.2. The van der Waals surface area contributed by atoms with Crippen LogP contribution in [0.15, 0.2) is 41.6 Å². The molecule has 62 valence electrons. The van der Waals surface area contributed by atoms with Gasteiger partial charge in [-0.25, -0.2) is 0 Å². The quantitative estimate of drug-likeness (QED) is 0.618. The average Bonchev–Trinajstić information content (AvgIpc) is 2.47. The Labute approximate surface area is 71.9 Å². The van der Waals surface area contributed by atoms with Gasteiger partial charge in [0.2, 0.25) is 0 Å². The molecule has 4 heteroatoms. The topological polar surface area (TPSA) is 44.5 Å². The summed E-state index contributed by atoms with van der Waals surface area (Å²) in [5.74, 6) is 0. The molecule has 1 atom stereocenters. The molecule has 2 aromatic heterocycles. The maximum absolute atomic E-state index is 10.7. The lowest BCUT2D eigenvalue weighted by Crippen LogP contribution is -1.87. The Balaban J connectivity index is 2.79. The van der Waals surface area contributed by atoms with Crippen molar-refractivity contribution < 1.29 is 8.76 Å². The Bertz CT molecular complexity index is 435. The molecule has 1 unspecified atom stereocenters. The number of rotatable bonds is 1. The van der Waals surface area contributed by atoms with E-state index >= 15 is 0 Å². The van der Waals surface area contributed by atoms with E-state index in [1.165, 1.54) is 0 Å². The molecular formula is C8H6NO2S-. The van der Waals surface area contributed by atoms with Crippen molar-refractivity contribution >= 4 is 16.6 Å². The Morgan fingerprint density at radius 1 is 1.25 bits per heavy atom. The van der Waals surface area contributed by atoms with Crippen LogP contribution >= 0.6 is 0 Å². The zero-order valence-electron chi connectivity index (χ0n) is 6.14. The molecule has 0 N–H and O–H groups in total. The second kappa shape index (κ2) is 2.73. The van der Waals surface area contributed by atoms with E-state index in [0.29, 0.717) is 10.4 Å². The van der Waals surface area contributed by atoms with E-state index in [1.807, 2.05) is 18.3 Å². The number of nitrogens with zero attached hydrogens (tertiary/aromatic N) is 1. The van der Waals surface area contributed by atoms with Crippen molar-refractivity contribution in [3.63, 3.8) is 0 Å². The van der Waals surface area contributed by atoms with Crippen LogP contribution in [0.3, 0.4) is 0 Å². The zero-order valence-corrected chi connectivity index (χ0v) is 6.95. The first kappa shape index (κ1) is 7.52. The molecule has 0 saturated carbocycles. The highest BCUT2D eigenvalue weighted by Crippen LogP contribution is 2.14. The molecule has 3 nitrogen and oxygen atoms in total. The van der Waals surface area contributed by atoms with E-state index in [-0.39, 0.29) is 0 Å². The molecule has 2 aromatic rings. The average molecular weight is 180 g/mol. The summed E-state index contributed by atoms with van der Waals surface area (Å²) in [4.78, 5) is 0.343. The largest absolute Gasteiger partial charge is 0.768 e. The van der Waals surface area contributed by atoms with E-state index in [2.05, 4.69) is 0 Å². The van der Waals surface area contributed by atoms with Crippen LogP contribution in [0.4, 0.5) is 0 Å². The lowest BCUT2D eigenvalue weighted by atomic mass is 10.4. The molecular weight excluding hydrogens is 174 g/mol. The minimum absolute atomic E-state index is 0.343. The van der Waals surface area contributed by atoms with Gasteiger partial charge < -0.3 is 8.95 Å². The number of fused-ring (bicyclic) bond motifs is 1. The molecule has 12 heavy (non-hydrogen) atoms. The molecule has 0 bridgehead atoms. The van der Waals surface area contributed by atoms with Crippen molar-refractivity contribution in [1.29, 1.82) is 0 Å². The summed E-state index contributed by atoms with van der Waals surface area (Å²) in [6.07, 6.45) is 3.53. The Kier molecular flexibility index (Phi) is 1.71. The van der Waals surface area contributed by atoms with Crippen molar-refractivity contribution in [2.24, 2.45) is 0 Å². The van der Waals surface area contributed by atoms with E-state index in [0.717, 1.165) is 0 Å². The van der Waals surface area contributed by atoms with Gasteiger partial charge in [-0.2, -0.15) is 0 Å². The van der Waals surface area contributed by atoms with Gasteiger partial charge in [-0.05, 0) is 29.3 Å². The van der Waals surface area contributed by atoms with Crippen LogP contribution in [0.5, 0.6) is 0 Å². The third-order valence-electron chi connectivity index (χ3n) is 1.71. The maximum atomic E-state index is 10.7. The normalized spacial score (nSPS) is 13.4. The molecule has 0 aliphatic rings. The zero-order chi connectivity index (χ0) is 8.55. The summed E-state index contributed by atoms with van der Waals surface area (Å²) in [7, 11) is 0. The van der Waals surface area contributed by atoms with Crippen molar-refractivity contribution in [1.82, 2.24) is 4.40 Å². The predicted molar refractivity (Wildman–Crippen MR) is 44.6 cm³/mol. The van der Waals surface area contributed by atoms with Crippen molar-refractivity contribution in [3.8, 4) is 0 Å². The number of hydrogen-bond donors (Lipinski definition) is 0. The number of hydrogen-bond acceptors (Lipinski definition) is 2. The summed E-state index contributed by atoms with van der Waals surface area (Å²) >= 11 is -2.14. The summed E-state index contributed by atoms with van der Waals surface area (Å²) in [6.45, 7) is 0. The monoisotopic (exact) mass is 180 g/mol. The van der Waals surface area contributed by atoms with Crippen LogP contribution in [0.1, 0.15) is 0 Å². The first-order valence-electron chi connectivity index (χ1n) is 3.44. The Morgan fingerprint density at radius 3 is 2.83 bits per heavy atom. The molecule has 0 aromatic carbocycles. The fourth-order valence-electron chi connectivity index (χ4n) is 1.17. The SMILES string of the molecule is O=S([O-])c1ccn2ccccc12. The first-order valence-corrected chi connectivity index (χ1v) is 4.51. The second-order valence-corrected chi connectivity index (χ2v) is 3.32. The van der Waals surface area contributed by atoms with Gasteiger partial charge in [-0.1, -0.05) is 6.07 Å². The summed E-state index contributed by atoms with van der Waals surface area (Å²) in [5.41, 5.74) is 0.714. The van der Waals surface area contributed by atoms with Crippen LogP contribution in [-0.4, -0.2) is 13.2 Å². The summed E-state index contributed by atoms with van der Waals surface area (Å²) in [6, 6.07) is 7.01. The van der Waals surface area contributed by atoms with Crippen molar-refractivity contribution in [2.45, 2.75) is 4.90 Å². The maximum Gasteiger partial charge on any atom is 0.0600 e. The standard InChI is InChI=1S/C8H7NO2S/c10-12(11)8-4-6-9-5-2-1-3-7(8)9/h1-6H,(H,10,11)/p-1. The molecule has 0 radical (unpaired) electrons. The fraction of sp³-hybridized carbons (Fsp3) is 0. The fourth-order valence-corrected chi connectivity index (χ4v) is 1.69. The molecule has 0 amide bonds. The Morgan fingerprint density at radius 2 is 2.08 bits per heavy atom. The van der Waals surface area contributed by atoms with E-state index in [4.69, 9.17) is 0 Å². The highest BCUT2D eigenvalue weighted by molar-refractivity contribution is 7.79. The van der Waals surface area contributed by atoms with Gasteiger partial charge >= 0.3 is 0 Å². The predicted octanol–water partition coefficient (Wildman–Crippen LogP) is 1.18. The first-order chi connectivity index (χ1) is 5.79. The van der Waals surface area contributed by atoms with Gasteiger partial charge in [0, 0.05) is 12.4 Å². The molecule has 0 spiro atoms. The van der Waals surface area contributed by atoms with Crippen LogP contribution in [0.25, 0.3) is 5.52 Å². The van der Waals surface area contributed by atoms with Crippen LogP contribution in [0, 0.1) is 0 Å². The van der Waals surface area contributed by atoms with Gasteiger partial charge in [0.05, 0.1) is 10.4 Å². The minimum atomic E-state index is -2.14. The van der Waals surface area contributed by atoms with Crippen LogP contribution < -0.4 is 0 Å². The van der Waals surface area contributed by atoms with Crippen LogP contribution in [0.2, 0.25) is 0 Å². The molecule has 0 saturated heterocycles. The van der Waals surface area contributed by atoms with Crippen molar-refractivity contribution in [3.05, 3.63) is 36.7 Å². The van der Waals surface area contributed by atoms with Gasteiger partial charge in [0.25, 0.3) is 0 Å². The van der Waals surface area contributed by atoms with Gasteiger partial charge in [0.15, 0.2) is 0 Å². The number of pyridine rings is 1. The molecule has 0 fully saturated rings.